The number of ether oxygens (including phenoxy) is 1. The first kappa shape index (κ1) is 21.3. The molecule has 0 saturated carbocycles. The number of carbonyl (C=O) groups is 2. The maximum atomic E-state index is 13.4. The molecule has 0 spiro atoms. The van der Waals surface area contributed by atoms with Gasteiger partial charge in [0.1, 0.15) is 5.75 Å². The summed E-state index contributed by atoms with van der Waals surface area (Å²) < 4.78 is 33.5. The molecule has 31 heavy (non-hydrogen) atoms. The van der Waals surface area contributed by atoms with Crippen molar-refractivity contribution in [3.8, 4) is 5.75 Å². The van der Waals surface area contributed by atoms with E-state index in [9.17, 15) is 18.0 Å². The lowest BCUT2D eigenvalue weighted by Gasteiger charge is -2.32. The van der Waals surface area contributed by atoms with Crippen LogP contribution in [-0.2, 0) is 19.6 Å². The summed E-state index contributed by atoms with van der Waals surface area (Å²) in [6.07, 6.45) is 1.23. The van der Waals surface area contributed by atoms with Gasteiger partial charge in [-0.3, -0.25) is 9.59 Å². The number of carbonyl (C=O) groups excluding carboxylic acids is 2. The number of nitrogens with zero attached hydrogens (tertiary/aromatic N) is 1. The molecule has 0 aliphatic carbocycles. The van der Waals surface area contributed by atoms with Gasteiger partial charge in [0.25, 0.3) is 5.91 Å². The summed E-state index contributed by atoms with van der Waals surface area (Å²) >= 11 is 0. The van der Waals surface area contributed by atoms with Gasteiger partial charge in [-0.05, 0) is 56.0 Å². The molecule has 9 heteroatoms. The predicted octanol–water partition coefficient (Wildman–Crippen LogP) is 2.67. The zero-order valence-corrected chi connectivity index (χ0v) is 18.3. The Kier molecular flexibility index (Phi) is 5.72. The first-order valence-electron chi connectivity index (χ1n) is 10.2. The van der Waals surface area contributed by atoms with Crippen LogP contribution in [0.1, 0.15) is 24.0 Å². The van der Waals surface area contributed by atoms with Crippen molar-refractivity contribution in [2.24, 2.45) is 5.92 Å². The van der Waals surface area contributed by atoms with Gasteiger partial charge in [-0.15, -0.1) is 0 Å². The van der Waals surface area contributed by atoms with Crippen LogP contribution in [0.2, 0.25) is 0 Å². The summed E-state index contributed by atoms with van der Waals surface area (Å²) in [5.74, 6) is -0.563. The number of amides is 2. The first-order valence-corrected chi connectivity index (χ1v) is 11.6. The van der Waals surface area contributed by atoms with Gasteiger partial charge in [-0.1, -0.05) is 12.1 Å². The summed E-state index contributed by atoms with van der Waals surface area (Å²) in [7, 11) is -3.83. The van der Waals surface area contributed by atoms with E-state index in [4.69, 9.17) is 4.74 Å². The molecule has 2 N–H and O–H groups in total. The Balaban J connectivity index is 1.53. The van der Waals surface area contributed by atoms with Crippen molar-refractivity contribution >= 4 is 33.2 Å². The largest absolute Gasteiger partial charge is 0.482 e. The average Bonchev–Trinajstić information content (AvgIpc) is 2.73. The van der Waals surface area contributed by atoms with Crippen molar-refractivity contribution in [1.82, 2.24) is 4.31 Å². The molecule has 1 saturated heterocycles. The SMILES string of the molecule is Cc1cccc(NC(=O)[C@H]2CCCN(S(=O)(=O)c3cc4c(cc3C)NC(=O)CO4)C2)c1. The highest BCUT2D eigenvalue weighted by Gasteiger charge is 2.35. The highest BCUT2D eigenvalue weighted by atomic mass is 32.2. The fraction of sp³-hybridized carbons (Fsp3) is 0.364. The van der Waals surface area contributed by atoms with Gasteiger partial charge >= 0.3 is 0 Å². The number of aryl methyl sites for hydroxylation is 2. The second kappa shape index (κ2) is 8.32. The third-order valence-electron chi connectivity index (χ3n) is 5.57. The van der Waals surface area contributed by atoms with Crippen LogP contribution in [0.5, 0.6) is 5.75 Å². The van der Waals surface area contributed by atoms with Crippen LogP contribution in [0, 0.1) is 19.8 Å². The number of benzene rings is 2. The molecule has 2 aromatic carbocycles. The van der Waals surface area contributed by atoms with Crippen LogP contribution in [-0.4, -0.2) is 44.2 Å². The molecule has 0 radical (unpaired) electrons. The van der Waals surface area contributed by atoms with Crippen LogP contribution in [0.25, 0.3) is 0 Å². The van der Waals surface area contributed by atoms with Gasteiger partial charge in [-0.2, -0.15) is 4.31 Å². The Morgan fingerprint density at radius 2 is 2.03 bits per heavy atom. The molecular weight excluding hydrogens is 418 g/mol. The highest BCUT2D eigenvalue weighted by molar-refractivity contribution is 7.89. The Hall–Kier alpha value is -2.91. The quantitative estimate of drug-likeness (QED) is 0.756. The van der Waals surface area contributed by atoms with Crippen LogP contribution in [0.3, 0.4) is 0 Å². The van der Waals surface area contributed by atoms with Crippen LogP contribution < -0.4 is 15.4 Å². The number of rotatable bonds is 4. The van der Waals surface area contributed by atoms with Crippen molar-refractivity contribution in [2.75, 3.05) is 30.3 Å². The molecule has 2 aliphatic heterocycles. The average molecular weight is 444 g/mol. The molecule has 8 nitrogen and oxygen atoms in total. The zero-order valence-electron chi connectivity index (χ0n) is 17.5. The van der Waals surface area contributed by atoms with Crippen molar-refractivity contribution in [2.45, 2.75) is 31.6 Å². The van der Waals surface area contributed by atoms with Crippen LogP contribution in [0.4, 0.5) is 11.4 Å². The van der Waals surface area contributed by atoms with E-state index in [1.807, 2.05) is 31.2 Å². The van der Waals surface area contributed by atoms with Crippen LogP contribution in [0.15, 0.2) is 41.3 Å². The van der Waals surface area contributed by atoms with E-state index < -0.39 is 15.9 Å². The third-order valence-corrected chi connectivity index (χ3v) is 7.58. The monoisotopic (exact) mass is 443 g/mol. The fourth-order valence-corrected chi connectivity index (χ4v) is 5.72. The van der Waals surface area contributed by atoms with E-state index in [1.165, 1.54) is 10.4 Å². The van der Waals surface area contributed by atoms with E-state index in [0.29, 0.717) is 42.1 Å². The molecule has 0 bridgehead atoms. The van der Waals surface area contributed by atoms with Gasteiger partial charge in [0.15, 0.2) is 6.61 Å². The normalized spacial score (nSPS) is 19.2. The lowest BCUT2D eigenvalue weighted by Crippen LogP contribution is -2.43. The summed E-state index contributed by atoms with van der Waals surface area (Å²) in [5, 5.41) is 5.58. The Morgan fingerprint density at radius 1 is 1.23 bits per heavy atom. The van der Waals surface area contributed by atoms with E-state index in [-0.39, 0.29) is 29.9 Å². The van der Waals surface area contributed by atoms with Gasteiger partial charge in [0.05, 0.1) is 16.5 Å². The summed E-state index contributed by atoms with van der Waals surface area (Å²) in [6.45, 7) is 3.94. The highest BCUT2D eigenvalue weighted by Crippen LogP contribution is 2.35. The summed E-state index contributed by atoms with van der Waals surface area (Å²) in [6, 6.07) is 10.6. The molecule has 2 aromatic rings. The molecule has 164 valence electrons. The van der Waals surface area contributed by atoms with Gasteiger partial charge in [-0.25, -0.2) is 8.42 Å². The molecule has 1 fully saturated rings. The molecule has 2 amide bonds. The molecule has 4 rings (SSSR count). The maximum absolute atomic E-state index is 13.4. The van der Waals surface area contributed by atoms with E-state index in [1.54, 1.807) is 13.0 Å². The number of fused-ring (bicyclic) bond motifs is 1. The van der Waals surface area contributed by atoms with E-state index in [2.05, 4.69) is 10.6 Å². The third kappa shape index (κ3) is 4.42. The van der Waals surface area contributed by atoms with E-state index >= 15 is 0 Å². The minimum Gasteiger partial charge on any atom is -0.482 e. The second-order valence-corrected chi connectivity index (χ2v) is 9.92. The molecule has 2 heterocycles. The lowest BCUT2D eigenvalue weighted by atomic mass is 9.98. The predicted molar refractivity (Wildman–Crippen MR) is 117 cm³/mol. The minimum absolute atomic E-state index is 0.119. The smallest absolute Gasteiger partial charge is 0.262 e. The second-order valence-electron chi connectivity index (χ2n) is 8.01. The molecule has 1 atom stereocenters. The molecule has 0 aromatic heterocycles. The van der Waals surface area contributed by atoms with Crippen molar-refractivity contribution in [3.63, 3.8) is 0 Å². The van der Waals surface area contributed by atoms with E-state index in [0.717, 1.165) is 5.56 Å². The van der Waals surface area contributed by atoms with Crippen molar-refractivity contribution in [3.05, 3.63) is 47.5 Å². The van der Waals surface area contributed by atoms with Gasteiger partial charge in [0.2, 0.25) is 15.9 Å². The Bertz CT molecular complexity index is 1150. The van der Waals surface area contributed by atoms with Crippen molar-refractivity contribution < 1.29 is 22.7 Å². The summed E-state index contributed by atoms with van der Waals surface area (Å²) in [4.78, 5) is 24.4. The summed E-state index contributed by atoms with van der Waals surface area (Å²) in [5.41, 5.74) is 2.71. The number of sulfonamides is 1. The zero-order chi connectivity index (χ0) is 22.2. The standard InChI is InChI=1S/C22H25N3O5S/c1-14-5-3-7-17(9-14)23-22(27)16-6-4-8-25(12-16)31(28,29)20-11-19-18(10-15(20)2)24-21(26)13-30-19/h3,5,7,9-11,16H,4,6,8,12-13H2,1-2H3,(H,23,27)(H,24,26)/t16-/m0/s1. The topological polar surface area (TPSA) is 105 Å². The minimum atomic E-state index is -3.83. The number of hydrogen-bond acceptors (Lipinski definition) is 5. The Morgan fingerprint density at radius 3 is 2.81 bits per heavy atom. The fourth-order valence-electron chi connectivity index (χ4n) is 3.97. The maximum Gasteiger partial charge on any atom is 0.262 e. The van der Waals surface area contributed by atoms with Crippen molar-refractivity contribution in [1.29, 1.82) is 0 Å². The lowest BCUT2D eigenvalue weighted by molar-refractivity contribution is -0.121. The number of hydrogen-bond donors (Lipinski definition) is 2. The van der Waals surface area contributed by atoms with Gasteiger partial charge < -0.3 is 15.4 Å². The first-order chi connectivity index (χ1) is 14.7. The van der Waals surface area contributed by atoms with Gasteiger partial charge in [0, 0.05) is 24.8 Å². The number of nitrogens with one attached hydrogen (secondary N) is 2. The molecular formula is C22H25N3O5S. The molecule has 2 aliphatic rings. The number of piperidine rings is 1. The number of anilines is 2. The molecule has 0 unspecified atom stereocenters. The van der Waals surface area contributed by atoms with Crippen LogP contribution >= 0.6 is 0 Å². The Labute approximate surface area is 181 Å².